The van der Waals surface area contributed by atoms with Crippen molar-refractivity contribution in [2.75, 3.05) is 17.7 Å². The van der Waals surface area contributed by atoms with Crippen molar-refractivity contribution in [1.29, 1.82) is 0 Å². The van der Waals surface area contributed by atoms with Crippen molar-refractivity contribution in [3.63, 3.8) is 0 Å². The van der Waals surface area contributed by atoms with E-state index in [1.807, 2.05) is 26.0 Å². The van der Waals surface area contributed by atoms with Crippen LogP contribution in [-0.2, 0) is 9.59 Å². The Labute approximate surface area is 206 Å². The fraction of sp³-hybridized carbons (Fsp3) is 0.346. The van der Waals surface area contributed by atoms with Crippen LogP contribution in [0.4, 0.5) is 5.82 Å². The van der Waals surface area contributed by atoms with Crippen LogP contribution in [0.2, 0.25) is 0 Å². The number of carbonyl (C=O) groups excluding carboxylic acids is 2. The second-order valence-electron chi connectivity index (χ2n) is 7.85. The quantitative estimate of drug-likeness (QED) is 0.262. The van der Waals surface area contributed by atoms with Gasteiger partial charge in [-0.2, -0.15) is 0 Å². The molecule has 0 aromatic carbocycles. The summed E-state index contributed by atoms with van der Waals surface area (Å²) in [5.41, 5.74) is 3.55. The minimum atomic E-state index is -0.390. The van der Waals surface area contributed by atoms with Crippen molar-refractivity contribution in [3.8, 4) is 0 Å². The Morgan fingerprint density at radius 3 is 2.79 bits per heavy atom. The normalized spacial score (nSPS) is 17.6. The highest BCUT2D eigenvalue weighted by atomic mass is 35.5. The van der Waals surface area contributed by atoms with Crippen molar-refractivity contribution >= 4 is 40.5 Å². The number of nitrogens with one attached hydrogen (secondary N) is 2. The number of aromatic nitrogens is 2. The Bertz CT molecular complexity index is 1050. The van der Waals surface area contributed by atoms with Crippen LogP contribution in [0.5, 0.6) is 0 Å². The van der Waals surface area contributed by atoms with Gasteiger partial charge in [-0.05, 0) is 31.9 Å². The summed E-state index contributed by atoms with van der Waals surface area (Å²) >= 11 is 5.91. The Balaban J connectivity index is 0.000000604. The standard InChI is InChI=1S/C21H23ClN4O2.C5H10O/c1-3-14(2)26-18(16-7-5-4-6-15(10-16)8-9-22)12-19(25-26)24-21(28)17-11-20(27)23-13-17;1-3-5(6)4-2/h3-5,7,10,12,17H,1-2,6,8-9,11,13H2,(H,23,27)(H,24,25,28);3,6H,4H2,1-2H3/b;5-3+/t17-;/m0./s1. The number of halogens is 1. The molecule has 3 rings (SSSR count). The Hall–Kier alpha value is -3.32. The first kappa shape index (κ1) is 26.9. The molecular formula is C26H33ClN4O3. The number of rotatable bonds is 8. The molecule has 2 heterocycles. The molecule has 2 amide bonds. The van der Waals surface area contributed by atoms with Crippen LogP contribution in [-0.4, -0.2) is 39.1 Å². The number of aliphatic hydroxyl groups is 1. The lowest BCUT2D eigenvalue weighted by atomic mass is 10.1. The molecule has 8 heteroatoms. The maximum Gasteiger partial charge on any atom is 0.230 e. The molecule has 0 radical (unpaired) electrons. The zero-order valence-corrected chi connectivity index (χ0v) is 20.6. The summed E-state index contributed by atoms with van der Waals surface area (Å²) in [5, 5.41) is 18.5. The highest BCUT2D eigenvalue weighted by molar-refractivity contribution is 6.18. The first-order valence-corrected chi connectivity index (χ1v) is 11.8. The van der Waals surface area contributed by atoms with Crippen LogP contribution in [0.15, 0.2) is 67.0 Å². The van der Waals surface area contributed by atoms with Crippen molar-refractivity contribution in [3.05, 3.63) is 72.7 Å². The van der Waals surface area contributed by atoms with Crippen LogP contribution >= 0.6 is 11.6 Å². The van der Waals surface area contributed by atoms with Crippen molar-refractivity contribution in [1.82, 2.24) is 15.1 Å². The third-order valence-electron chi connectivity index (χ3n) is 5.37. The van der Waals surface area contributed by atoms with E-state index < -0.39 is 0 Å². The molecule has 1 aliphatic carbocycles. The Kier molecular flexibility index (Phi) is 10.6. The first-order valence-electron chi connectivity index (χ1n) is 11.3. The van der Waals surface area contributed by atoms with E-state index in [0.29, 0.717) is 29.7 Å². The predicted molar refractivity (Wildman–Crippen MR) is 139 cm³/mol. The van der Waals surface area contributed by atoms with Gasteiger partial charge in [-0.1, -0.05) is 50.0 Å². The molecule has 1 aromatic rings. The van der Waals surface area contributed by atoms with Gasteiger partial charge in [0.1, 0.15) is 0 Å². The third kappa shape index (κ3) is 7.63. The first-order chi connectivity index (χ1) is 16.3. The van der Waals surface area contributed by atoms with E-state index in [9.17, 15) is 9.59 Å². The van der Waals surface area contributed by atoms with Gasteiger partial charge in [-0.15, -0.1) is 16.7 Å². The number of hydrogen-bond donors (Lipinski definition) is 3. The van der Waals surface area contributed by atoms with Crippen LogP contribution in [0.1, 0.15) is 45.2 Å². The molecule has 182 valence electrons. The lowest BCUT2D eigenvalue weighted by Gasteiger charge is -2.08. The molecule has 0 spiro atoms. The lowest BCUT2D eigenvalue weighted by Crippen LogP contribution is -2.24. The number of hydrogen-bond acceptors (Lipinski definition) is 4. The van der Waals surface area contributed by atoms with Crippen LogP contribution in [0, 0.1) is 5.92 Å². The van der Waals surface area contributed by atoms with Gasteiger partial charge >= 0.3 is 0 Å². The van der Waals surface area contributed by atoms with Gasteiger partial charge in [-0.25, -0.2) is 4.68 Å². The van der Waals surface area contributed by atoms with Gasteiger partial charge in [0.2, 0.25) is 11.8 Å². The molecule has 1 atom stereocenters. The maximum absolute atomic E-state index is 12.4. The van der Waals surface area contributed by atoms with Crippen LogP contribution < -0.4 is 10.6 Å². The second-order valence-corrected chi connectivity index (χ2v) is 8.22. The molecule has 1 saturated heterocycles. The van der Waals surface area contributed by atoms with Crippen LogP contribution in [0.25, 0.3) is 11.3 Å². The maximum atomic E-state index is 12.4. The zero-order chi connectivity index (χ0) is 25.1. The molecule has 0 saturated carbocycles. The summed E-state index contributed by atoms with van der Waals surface area (Å²) < 4.78 is 1.65. The van der Waals surface area contributed by atoms with E-state index in [-0.39, 0.29) is 24.2 Å². The Morgan fingerprint density at radius 2 is 2.24 bits per heavy atom. The number of amides is 2. The summed E-state index contributed by atoms with van der Waals surface area (Å²) in [6.45, 7) is 11.8. The topological polar surface area (TPSA) is 96.2 Å². The van der Waals surface area contributed by atoms with Gasteiger partial charge < -0.3 is 15.7 Å². The number of anilines is 1. The number of nitrogens with zero attached hydrogens (tertiary/aromatic N) is 2. The fourth-order valence-corrected chi connectivity index (χ4v) is 3.59. The summed E-state index contributed by atoms with van der Waals surface area (Å²) in [4.78, 5) is 23.8. The number of alkyl halides is 1. The minimum Gasteiger partial charge on any atom is -0.513 e. The van der Waals surface area contributed by atoms with Gasteiger partial charge in [-0.3, -0.25) is 9.59 Å². The van der Waals surface area contributed by atoms with Gasteiger partial charge in [0.25, 0.3) is 0 Å². The summed E-state index contributed by atoms with van der Waals surface area (Å²) in [6, 6.07) is 1.80. The highest BCUT2D eigenvalue weighted by Gasteiger charge is 2.28. The molecule has 0 unspecified atom stereocenters. The summed E-state index contributed by atoms with van der Waals surface area (Å²) in [7, 11) is 0. The van der Waals surface area contributed by atoms with Crippen LogP contribution in [0.3, 0.4) is 0 Å². The van der Waals surface area contributed by atoms with E-state index in [1.165, 1.54) is 5.57 Å². The van der Waals surface area contributed by atoms with E-state index in [1.54, 1.807) is 22.9 Å². The van der Waals surface area contributed by atoms with Crippen molar-refractivity contribution in [2.45, 2.75) is 39.5 Å². The van der Waals surface area contributed by atoms with E-state index in [0.717, 1.165) is 30.5 Å². The van der Waals surface area contributed by atoms with Gasteiger partial charge in [0.05, 0.1) is 23.1 Å². The lowest BCUT2D eigenvalue weighted by molar-refractivity contribution is -0.123. The van der Waals surface area contributed by atoms with E-state index in [2.05, 4.69) is 41.0 Å². The molecule has 7 nitrogen and oxygen atoms in total. The molecule has 0 bridgehead atoms. The molecule has 3 N–H and O–H groups in total. The number of allylic oxidation sites excluding steroid dienone is 10. The second kappa shape index (κ2) is 13.4. The summed E-state index contributed by atoms with van der Waals surface area (Å²) in [6.07, 6.45) is 14.1. The molecule has 2 aliphatic rings. The molecule has 1 aromatic heterocycles. The average molecular weight is 485 g/mol. The molecule has 1 aliphatic heterocycles. The summed E-state index contributed by atoms with van der Waals surface area (Å²) in [5.74, 6) is 0.699. The monoisotopic (exact) mass is 484 g/mol. The SMILES string of the molecule is C/C=C(/O)CC.C=CC(=C)n1nc(NC(=O)[C@@H]2CNC(=O)C2)cc1C1=CC=CCC(CCCl)=C1. The molecule has 1 fully saturated rings. The van der Waals surface area contributed by atoms with Crippen molar-refractivity contribution in [2.24, 2.45) is 5.92 Å². The minimum absolute atomic E-state index is 0.112. The number of carbonyl (C=O) groups is 2. The average Bonchev–Trinajstić information content (AvgIpc) is 3.39. The highest BCUT2D eigenvalue weighted by Crippen LogP contribution is 2.28. The third-order valence-corrected chi connectivity index (χ3v) is 5.56. The number of aliphatic hydroxyl groups excluding tert-OH is 1. The molecule has 34 heavy (non-hydrogen) atoms. The fourth-order valence-electron chi connectivity index (χ4n) is 3.35. The zero-order valence-electron chi connectivity index (χ0n) is 19.8. The molecular weight excluding hydrogens is 452 g/mol. The Morgan fingerprint density at radius 1 is 1.47 bits per heavy atom. The van der Waals surface area contributed by atoms with Gasteiger partial charge in [0, 0.05) is 36.9 Å². The largest absolute Gasteiger partial charge is 0.513 e. The van der Waals surface area contributed by atoms with Gasteiger partial charge in [0.15, 0.2) is 5.82 Å². The van der Waals surface area contributed by atoms with E-state index in [4.69, 9.17) is 16.7 Å². The van der Waals surface area contributed by atoms with E-state index >= 15 is 0 Å². The predicted octanol–water partition coefficient (Wildman–Crippen LogP) is 5.37. The van der Waals surface area contributed by atoms with Crippen molar-refractivity contribution < 1.29 is 14.7 Å². The smallest absolute Gasteiger partial charge is 0.230 e.